The largest absolute Gasteiger partial charge is 0.335 e. The Kier molecular flexibility index (Phi) is 8.94. The van der Waals surface area contributed by atoms with E-state index >= 15 is 0 Å². The van der Waals surface area contributed by atoms with Crippen molar-refractivity contribution in [3.8, 4) is 0 Å². The summed E-state index contributed by atoms with van der Waals surface area (Å²) in [6, 6.07) is 22.1. The summed E-state index contributed by atoms with van der Waals surface area (Å²) in [6.07, 6.45) is 14.3. The molecule has 1 aromatic heterocycles. The molecule has 3 aromatic rings. The molecule has 0 amide bonds. The van der Waals surface area contributed by atoms with Crippen molar-refractivity contribution < 1.29 is 0 Å². The standard InChI is InChI=1S/C29H40N2/c1-4-6-7-8-9-16-21-27(28-30-22-23-31(28)5-2)29(3,26-19-14-11-15-20-26)24-25-17-12-10-13-18-25/h10-15,17-20,22-23,27H,4-9,16,21,24H2,1-3H3. The summed E-state index contributed by atoms with van der Waals surface area (Å²) < 4.78 is 2.36. The molecule has 0 saturated carbocycles. The van der Waals surface area contributed by atoms with E-state index in [1.54, 1.807) is 0 Å². The first kappa shape index (κ1) is 23.3. The van der Waals surface area contributed by atoms with E-state index in [4.69, 9.17) is 4.98 Å². The molecular formula is C29H40N2. The van der Waals surface area contributed by atoms with Crippen LogP contribution in [0.2, 0.25) is 0 Å². The van der Waals surface area contributed by atoms with Crippen LogP contribution in [-0.4, -0.2) is 9.55 Å². The molecule has 2 heteroatoms. The molecule has 0 fully saturated rings. The van der Waals surface area contributed by atoms with Gasteiger partial charge < -0.3 is 4.57 Å². The van der Waals surface area contributed by atoms with Gasteiger partial charge in [0.15, 0.2) is 0 Å². The second kappa shape index (κ2) is 11.9. The van der Waals surface area contributed by atoms with Crippen molar-refractivity contribution in [2.45, 2.75) is 90.0 Å². The first-order chi connectivity index (χ1) is 15.2. The second-order valence-electron chi connectivity index (χ2n) is 9.13. The fourth-order valence-electron chi connectivity index (χ4n) is 5.02. The van der Waals surface area contributed by atoms with Crippen LogP contribution in [-0.2, 0) is 18.4 Å². The molecule has 166 valence electrons. The number of imidazole rings is 1. The van der Waals surface area contributed by atoms with Gasteiger partial charge in [-0.1, -0.05) is 113 Å². The quantitative estimate of drug-likeness (QED) is 0.259. The highest BCUT2D eigenvalue weighted by atomic mass is 15.1. The summed E-state index contributed by atoms with van der Waals surface area (Å²) in [7, 11) is 0. The molecule has 0 spiro atoms. The van der Waals surface area contributed by atoms with E-state index in [1.165, 1.54) is 61.9 Å². The third-order valence-corrected chi connectivity index (χ3v) is 6.86. The molecule has 3 rings (SSSR count). The van der Waals surface area contributed by atoms with Crippen molar-refractivity contribution in [1.82, 2.24) is 9.55 Å². The Labute approximate surface area is 189 Å². The molecular weight excluding hydrogens is 376 g/mol. The fourth-order valence-corrected chi connectivity index (χ4v) is 5.02. The summed E-state index contributed by atoms with van der Waals surface area (Å²) in [4.78, 5) is 4.91. The normalized spacial score (nSPS) is 14.3. The number of unbranched alkanes of at least 4 members (excludes halogenated alkanes) is 5. The monoisotopic (exact) mass is 416 g/mol. The van der Waals surface area contributed by atoms with Crippen LogP contribution in [0, 0.1) is 0 Å². The van der Waals surface area contributed by atoms with Gasteiger partial charge in [0.25, 0.3) is 0 Å². The van der Waals surface area contributed by atoms with Crippen LogP contribution in [0.1, 0.15) is 88.6 Å². The third kappa shape index (κ3) is 6.09. The number of nitrogens with zero attached hydrogens (tertiary/aromatic N) is 2. The number of aryl methyl sites for hydroxylation is 1. The van der Waals surface area contributed by atoms with Crippen molar-refractivity contribution in [3.63, 3.8) is 0 Å². The van der Waals surface area contributed by atoms with Gasteiger partial charge in [-0.25, -0.2) is 4.98 Å². The van der Waals surface area contributed by atoms with Crippen molar-refractivity contribution in [2.75, 3.05) is 0 Å². The average molecular weight is 417 g/mol. The Morgan fingerprint density at radius 3 is 2.16 bits per heavy atom. The van der Waals surface area contributed by atoms with Crippen LogP contribution in [0.15, 0.2) is 73.1 Å². The van der Waals surface area contributed by atoms with E-state index in [0.717, 1.165) is 13.0 Å². The Morgan fingerprint density at radius 2 is 1.48 bits per heavy atom. The molecule has 1 heterocycles. The van der Waals surface area contributed by atoms with Gasteiger partial charge >= 0.3 is 0 Å². The lowest BCUT2D eigenvalue weighted by Crippen LogP contribution is -2.35. The van der Waals surface area contributed by atoms with Crippen molar-refractivity contribution in [1.29, 1.82) is 0 Å². The Morgan fingerprint density at radius 1 is 0.839 bits per heavy atom. The van der Waals surface area contributed by atoms with Gasteiger partial charge in [-0.15, -0.1) is 0 Å². The van der Waals surface area contributed by atoms with Crippen molar-refractivity contribution in [3.05, 3.63) is 90.0 Å². The zero-order valence-corrected chi connectivity index (χ0v) is 19.8. The number of benzene rings is 2. The predicted molar refractivity (Wildman–Crippen MR) is 133 cm³/mol. The van der Waals surface area contributed by atoms with Crippen LogP contribution in [0.3, 0.4) is 0 Å². The fraction of sp³-hybridized carbons (Fsp3) is 0.483. The van der Waals surface area contributed by atoms with Gasteiger partial charge in [-0.2, -0.15) is 0 Å². The Hall–Kier alpha value is -2.35. The minimum Gasteiger partial charge on any atom is -0.335 e. The third-order valence-electron chi connectivity index (χ3n) is 6.86. The van der Waals surface area contributed by atoms with Gasteiger partial charge in [-0.05, 0) is 30.9 Å². The highest BCUT2D eigenvalue weighted by molar-refractivity contribution is 5.33. The molecule has 2 atom stereocenters. The van der Waals surface area contributed by atoms with E-state index < -0.39 is 0 Å². The molecule has 0 radical (unpaired) electrons. The summed E-state index contributed by atoms with van der Waals surface area (Å²) in [5.41, 5.74) is 2.81. The number of hydrogen-bond acceptors (Lipinski definition) is 1. The van der Waals surface area contributed by atoms with Gasteiger partial charge in [0.05, 0.1) is 0 Å². The minimum atomic E-state index is -0.00962. The summed E-state index contributed by atoms with van der Waals surface area (Å²) in [6.45, 7) is 7.95. The lowest BCUT2D eigenvalue weighted by molar-refractivity contribution is 0.323. The second-order valence-corrected chi connectivity index (χ2v) is 9.13. The maximum atomic E-state index is 4.91. The number of hydrogen-bond donors (Lipinski definition) is 0. The van der Waals surface area contributed by atoms with Crippen molar-refractivity contribution >= 4 is 0 Å². The first-order valence-electron chi connectivity index (χ1n) is 12.3. The lowest BCUT2D eigenvalue weighted by Gasteiger charge is -2.39. The van der Waals surface area contributed by atoms with Crippen LogP contribution in [0.4, 0.5) is 0 Å². The van der Waals surface area contributed by atoms with E-state index in [2.05, 4.69) is 92.2 Å². The van der Waals surface area contributed by atoms with Crippen LogP contribution in [0.5, 0.6) is 0 Å². The Balaban J connectivity index is 1.94. The van der Waals surface area contributed by atoms with E-state index in [9.17, 15) is 0 Å². The van der Waals surface area contributed by atoms with Crippen LogP contribution >= 0.6 is 0 Å². The smallest absolute Gasteiger partial charge is 0.112 e. The zero-order valence-electron chi connectivity index (χ0n) is 19.8. The van der Waals surface area contributed by atoms with Gasteiger partial charge in [-0.3, -0.25) is 0 Å². The minimum absolute atomic E-state index is 0.00962. The van der Waals surface area contributed by atoms with Crippen molar-refractivity contribution in [2.24, 2.45) is 0 Å². The maximum absolute atomic E-state index is 4.91. The SMILES string of the molecule is CCCCCCCCC(c1nccn1CC)C(C)(Cc1ccccc1)c1ccccc1. The molecule has 0 N–H and O–H groups in total. The molecule has 2 unspecified atom stereocenters. The van der Waals surface area contributed by atoms with E-state index in [1.807, 2.05) is 6.20 Å². The number of rotatable bonds is 13. The predicted octanol–water partition coefficient (Wildman–Crippen LogP) is 7.94. The topological polar surface area (TPSA) is 17.8 Å². The molecule has 0 aliphatic rings. The first-order valence-corrected chi connectivity index (χ1v) is 12.3. The van der Waals surface area contributed by atoms with E-state index in [-0.39, 0.29) is 5.41 Å². The molecule has 0 bridgehead atoms. The van der Waals surface area contributed by atoms with E-state index in [0.29, 0.717) is 5.92 Å². The molecule has 31 heavy (non-hydrogen) atoms. The average Bonchev–Trinajstić information content (AvgIpc) is 3.28. The summed E-state index contributed by atoms with van der Waals surface area (Å²) in [5.74, 6) is 1.63. The zero-order chi connectivity index (χ0) is 21.9. The molecule has 0 aliphatic heterocycles. The van der Waals surface area contributed by atoms with Crippen LogP contribution < -0.4 is 0 Å². The maximum Gasteiger partial charge on any atom is 0.112 e. The molecule has 0 aliphatic carbocycles. The van der Waals surface area contributed by atoms with Gasteiger partial charge in [0.1, 0.15) is 5.82 Å². The number of aromatic nitrogens is 2. The van der Waals surface area contributed by atoms with Gasteiger partial charge in [0, 0.05) is 30.3 Å². The highest BCUT2D eigenvalue weighted by Gasteiger charge is 2.39. The molecule has 2 nitrogen and oxygen atoms in total. The Bertz CT molecular complexity index is 868. The highest BCUT2D eigenvalue weighted by Crippen LogP contribution is 2.44. The summed E-state index contributed by atoms with van der Waals surface area (Å²) >= 11 is 0. The summed E-state index contributed by atoms with van der Waals surface area (Å²) in [5, 5.41) is 0. The van der Waals surface area contributed by atoms with Gasteiger partial charge in [0.2, 0.25) is 0 Å². The molecule has 2 aromatic carbocycles. The lowest BCUT2D eigenvalue weighted by atomic mass is 9.66. The van der Waals surface area contributed by atoms with Crippen LogP contribution in [0.25, 0.3) is 0 Å². The molecule has 0 saturated heterocycles.